The maximum absolute atomic E-state index is 12.9. The molecular formula is C12H10F2N2O4. The molecule has 0 N–H and O–H groups in total. The summed E-state index contributed by atoms with van der Waals surface area (Å²) in [6.07, 6.45) is -3.05. The molecule has 1 aromatic carbocycles. The highest BCUT2D eigenvalue weighted by atomic mass is 19.3. The van der Waals surface area contributed by atoms with Crippen molar-refractivity contribution in [1.82, 2.24) is 0 Å². The predicted molar refractivity (Wildman–Crippen MR) is 63.0 cm³/mol. The van der Waals surface area contributed by atoms with Crippen LogP contribution in [0.25, 0.3) is 0 Å². The Hall–Kier alpha value is -2.56. The molecule has 20 heavy (non-hydrogen) atoms. The molecule has 1 aromatic rings. The quantitative estimate of drug-likeness (QED) is 0.470. The van der Waals surface area contributed by atoms with Gasteiger partial charge in [0.2, 0.25) is 0 Å². The van der Waals surface area contributed by atoms with Crippen LogP contribution in [0, 0.1) is 21.4 Å². The molecule has 0 heterocycles. The number of esters is 1. The molecule has 0 amide bonds. The standard InChI is InChI=1S/C12H10F2N2O4/c1-2-20-12(17)10(6-15)8-4-3-7(16(18)19)5-9(8)11(13)14/h3-5,10-11H,2H2,1H3. The molecule has 0 aliphatic rings. The molecule has 1 unspecified atom stereocenters. The fraction of sp³-hybridized carbons (Fsp3) is 0.333. The summed E-state index contributed by atoms with van der Waals surface area (Å²) in [5, 5.41) is 19.5. The van der Waals surface area contributed by atoms with Gasteiger partial charge in [0.25, 0.3) is 12.1 Å². The summed E-state index contributed by atoms with van der Waals surface area (Å²) in [6, 6.07) is 4.17. The van der Waals surface area contributed by atoms with E-state index in [2.05, 4.69) is 4.74 Å². The molecule has 0 bridgehead atoms. The number of alkyl halides is 2. The molecule has 0 spiro atoms. The predicted octanol–water partition coefficient (Wildman–Crippen LogP) is 2.70. The summed E-state index contributed by atoms with van der Waals surface area (Å²) in [7, 11) is 0. The van der Waals surface area contributed by atoms with E-state index in [1.807, 2.05) is 0 Å². The number of nitro benzene ring substituents is 1. The SMILES string of the molecule is CCOC(=O)C(C#N)c1ccc([N+](=O)[O-])cc1C(F)F. The Bertz CT molecular complexity index is 569. The van der Waals surface area contributed by atoms with Gasteiger partial charge in [-0.3, -0.25) is 14.9 Å². The Kier molecular flexibility index (Phi) is 5.08. The number of rotatable bonds is 5. The molecule has 0 saturated heterocycles. The zero-order valence-electron chi connectivity index (χ0n) is 10.4. The Morgan fingerprint density at radius 3 is 2.60 bits per heavy atom. The van der Waals surface area contributed by atoms with Crippen LogP contribution in [0.4, 0.5) is 14.5 Å². The zero-order valence-corrected chi connectivity index (χ0v) is 10.4. The summed E-state index contributed by atoms with van der Waals surface area (Å²) in [5.41, 5.74) is -1.55. The second-order valence-electron chi connectivity index (χ2n) is 3.69. The number of nitriles is 1. The normalized spacial score (nSPS) is 11.8. The van der Waals surface area contributed by atoms with Crippen molar-refractivity contribution in [1.29, 1.82) is 5.26 Å². The van der Waals surface area contributed by atoms with Crippen LogP contribution in [0.3, 0.4) is 0 Å². The van der Waals surface area contributed by atoms with Gasteiger partial charge in [0.1, 0.15) is 0 Å². The molecule has 0 aromatic heterocycles. The molecular weight excluding hydrogens is 274 g/mol. The zero-order chi connectivity index (χ0) is 15.3. The Balaban J connectivity index is 3.32. The first-order chi connectivity index (χ1) is 9.42. The lowest BCUT2D eigenvalue weighted by atomic mass is 9.95. The van der Waals surface area contributed by atoms with Gasteiger partial charge in [-0.25, -0.2) is 8.78 Å². The first kappa shape index (κ1) is 15.5. The smallest absolute Gasteiger partial charge is 0.327 e. The highest BCUT2D eigenvalue weighted by Gasteiger charge is 2.28. The van der Waals surface area contributed by atoms with E-state index in [4.69, 9.17) is 5.26 Å². The Morgan fingerprint density at radius 1 is 1.50 bits per heavy atom. The maximum atomic E-state index is 12.9. The number of carbonyl (C=O) groups excluding carboxylic acids is 1. The molecule has 6 nitrogen and oxygen atoms in total. The van der Waals surface area contributed by atoms with Crippen molar-refractivity contribution in [3.63, 3.8) is 0 Å². The Morgan fingerprint density at radius 2 is 2.15 bits per heavy atom. The van der Waals surface area contributed by atoms with E-state index in [1.165, 1.54) is 6.92 Å². The first-order valence-electron chi connectivity index (χ1n) is 5.55. The molecule has 8 heteroatoms. The van der Waals surface area contributed by atoms with E-state index in [-0.39, 0.29) is 12.2 Å². The van der Waals surface area contributed by atoms with E-state index in [1.54, 1.807) is 6.07 Å². The fourth-order valence-electron chi connectivity index (χ4n) is 1.60. The number of benzene rings is 1. The third-order valence-electron chi connectivity index (χ3n) is 2.48. The lowest BCUT2D eigenvalue weighted by Crippen LogP contribution is -2.16. The van der Waals surface area contributed by atoms with E-state index < -0.39 is 34.5 Å². The van der Waals surface area contributed by atoms with Gasteiger partial charge in [0, 0.05) is 17.7 Å². The van der Waals surface area contributed by atoms with Crippen LogP contribution in [0.15, 0.2) is 18.2 Å². The summed E-state index contributed by atoms with van der Waals surface area (Å²) in [4.78, 5) is 21.3. The summed E-state index contributed by atoms with van der Waals surface area (Å²) < 4.78 is 30.5. The third kappa shape index (κ3) is 3.26. The van der Waals surface area contributed by atoms with Crippen LogP contribution in [0.2, 0.25) is 0 Å². The number of carbonyl (C=O) groups is 1. The molecule has 0 saturated carbocycles. The van der Waals surface area contributed by atoms with E-state index in [9.17, 15) is 23.7 Å². The van der Waals surface area contributed by atoms with E-state index in [0.717, 1.165) is 12.1 Å². The minimum absolute atomic E-state index is 0.00595. The second-order valence-corrected chi connectivity index (χ2v) is 3.69. The van der Waals surface area contributed by atoms with E-state index in [0.29, 0.717) is 6.07 Å². The van der Waals surface area contributed by atoms with Crippen molar-refractivity contribution >= 4 is 11.7 Å². The lowest BCUT2D eigenvalue weighted by molar-refractivity contribution is -0.385. The molecule has 0 aliphatic heterocycles. The molecule has 1 rings (SSSR count). The number of nitrogens with zero attached hydrogens (tertiary/aromatic N) is 2. The number of ether oxygens (including phenoxy) is 1. The van der Waals surface area contributed by atoms with Gasteiger partial charge in [0.15, 0.2) is 5.92 Å². The van der Waals surface area contributed by atoms with Crippen LogP contribution in [-0.2, 0) is 9.53 Å². The summed E-state index contributed by atoms with van der Waals surface area (Å²) in [6.45, 7) is 1.50. The maximum Gasteiger partial charge on any atom is 0.327 e. The van der Waals surface area contributed by atoms with Crippen LogP contribution >= 0.6 is 0 Å². The van der Waals surface area contributed by atoms with Gasteiger partial charge in [-0.2, -0.15) is 5.26 Å². The van der Waals surface area contributed by atoms with Gasteiger partial charge in [0.05, 0.1) is 17.6 Å². The molecule has 0 radical (unpaired) electrons. The van der Waals surface area contributed by atoms with Crippen molar-refractivity contribution in [2.75, 3.05) is 6.61 Å². The average molecular weight is 284 g/mol. The van der Waals surface area contributed by atoms with Crippen molar-refractivity contribution in [3.8, 4) is 6.07 Å². The van der Waals surface area contributed by atoms with Crippen molar-refractivity contribution in [3.05, 3.63) is 39.4 Å². The van der Waals surface area contributed by atoms with Crippen LogP contribution < -0.4 is 0 Å². The fourth-order valence-corrected chi connectivity index (χ4v) is 1.60. The van der Waals surface area contributed by atoms with E-state index >= 15 is 0 Å². The van der Waals surface area contributed by atoms with Crippen LogP contribution in [0.1, 0.15) is 30.4 Å². The van der Waals surface area contributed by atoms with Crippen molar-refractivity contribution in [2.24, 2.45) is 0 Å². The van der Waals surface area contributed by atoms with Gasteiger partial charge < -0.3 is 4.74 Å². The molecule has 0 aliphatic carbocycles. The highest BCUT2D eigenvalue weighted by Crippen LogP contribution is 2.32. The minimum atomic E-state index is -3.05. The molecule has 106 valence electrons. The largest absolute Gasteiger partial charge is 0.465 e. The number of hydrogen-bond donors (Lipinski definition) is 0. The Labute approximate surface area is 112 Å². The molecule has 1 atom stereocenters. The lowest BCUT2D eigenvalue weighted by Gasteiger charge is -2.13. The monoisotopic (exact) mass is 284 g/mol. The molecule has 0 fully saturated rings. The summed E-state index contributed by atoms with van der Waals surface area (Å²) >= 11 is 0. The third-order valence-corrected chi connectivity index (χ3v) is 2.48. The topological polar surface area (TPSA) is 93.2 Å². The van der Waals surface area contributed by atoms with Crippen LogP contribution in [-0.4, -0.2) is 17.5 Å². The second kappa shape index (κ2) is 6.56. The highest BCUT2D eigenvalue weighted by molar-refractivity contribution is 5.82. The number of non-ortho nitro benzene ring substituents is 1. The van der Waals surface area contributed by atoms with Gasteiger partial charge in [-0.05, 0) is 18.6 Å². The first-order valence-corrected chi connectivity index (χ1v) is 5.55. The van der Waals surface area contributed by atoms with Gasteiger partial charge in [-0.15, -0.1) is 0 Å². The minimum Gasteiger partial charge on any atom is -0.465 e. The number of hydrogen-bond acceptors (Lipinski definition) is 5. The number of halogens is 2. The van der Waals surface area contributed by atoms with Crippen molar-refractivity contribution in [2.45, 2.75) is 19.3 Å². The van der Waals surface area contributed by atoms with Crippen LogP contribution in [0.5, 0.6) is 0 Å². The summed E-state index contributed by atoms with van der Waals surface area (Å²) in [5.74, 6) is -2.51. The van der Waals surface area contributed by atoms with Gasteiger partial charge >= 0.3 is 5.97 Å². The number of nitro groups is 1. The van der Waals surface area contributed by atoms with Gasteiger partial charge in [-0.1, -0.05) is 0 Å². The van der Waals surface area contributed by atoms with Crippen molar-refractivity contribution < 1.29 is 23.2 Å². The average Bonchev–Trinajstić information content (AvgIpc) is 2.39.